The second-order valence-electron chi connectivity index (χ2n) is 5.36. The summed E-state index contributed by atoms with van der Waals surface area (Å²) in [5.74, 6) is 0.678. The molecule has 0 spiro atoms. The molecule has 0 radical (unpaired) electrons. The summed E-state index contributed by atoms with van der Waals surface area (Å²) in [4.78, 5) is 14.1. The van der Waals surface area contributed by atoms with Crippen LogP contribution in [0.15, 0.2) is 0 Å². The summed E-state index contributed by atoms with van der Waals surface area (Å²) in [6.45, 7) is 1.38. The molecular formula is C11H18N2O3S. The van der Waals surface area contributed by atoms with Crippen molar-refractivity contribution in [3.63, 3.8) is 0 Å². The number of nitrogens with one attached hydrogen (secondary N) is 1. The second kappa shape index (κ2) is 3.95. The van der Waals surface area contributed by atoms with Crippen LogP contribution in [0.4, 0.5) is 0 Å². The summed E-state index contributed by atoms with van der Waals surface area (Å²) in [6.07, 6.45) is 3.09. The number of piperazine rings is 1. The summed E-state index contributed by atoms with van der Waals surface area (Å²) in [6, 6.07) is -0.167. The third-order valence-electron chi connectivity index (χ3n) is 4.22. The number of fused-ring (bicyclic) bond motifs is 1. The Labute approximate surface area is 101 Å². The van der Waals surface area contributed by atoms with Crippen LogP contribution in [0, 0.1) is 5.92 Å². The highest BCUT2D eigenvalue weighted by molar-refractivity contribution is 7.91. The Balaban J connectivity index is 1.78. The molecular weight excluding hydrogens is 240 g/mol. The maximum Gasteiger partial charge on any atom is 0.226 e. The topological polar surface area (TPSA) is 66.5 Å². The van der Waals surface area contributed by atoms with Crippen molar-refractivity contribution < 1.29 is 13.2 Å². The van der Waals surface area contributed by atoms with Gasteiger partial charge in [0.05, 0.1) is 17.5 Å². The van der Waals surface area contributed by atoms with Crippen LogP contribution < -0.4 is 5.32 Å². The third kappa shape index (κ3) is 1.97. The second-order valence-corrected chi connectivity index (χ2v) is 7.52. The molecule has 5 nitrogen and oxygen atoms in total. The zero-order valence-corrected chi connectivity index (χ0v) is 10.6. The molecule has 0 bridgehead atoms. The minimum Gasteiger partial charge on any atom is -0.336 e. The summed E-state index contributed by atoms with van der Waals surface area (Å²) in [5.41, 5.74) is 0. The Morgan fingerprint density at radius 3 is 2.65 bits per heavy atom. The molecule has 3 rings (SSSR count). The molecule has 2 atom stereocenters. The van der Waals surface area contributed by atoms with Gasteiger partial charge in [0.1, 0.15) is 0 Å². The van der Waals surface area contributed by atoms with Gasteiger partial charge in [0.25, 0.3) is 0 Å². The predicted octanol–water partition coefficient (Wildman–Crippen LogP) is -0.616. The molecule has 6 heteroatoms. The number of amides is 1. The zero-order valence-electron chi connectivity index (χ0n) is 9.76. The van der Waals surface area contributed by atoms with E-state index in [9.17, 15) is 13.2 Å². The maximum absolute atomic E-state index is 12.2. The zero-order chi connectivity index (χ0) is 12.0. The van der Waals surface area contributed by atoms with E-state index in [1.807, 2.05) is 4.90 Å². The van der Waals surface area contributed by atoms with Gasteiger partial charge in [-0.3, -0.25) is 4.79 Å². The maximum atomic E-state index is 12.2. The van der Waals surface area contributed by atoms with Gasteiger partial charge in [0.15, 0.2) is 9.84 Å². The molecule has 0 unspecified atom stereocenters. The van der Waals surface area contributed by atoms with Gasteiger partial charge < -0.3 is 10.2 Å². The molecule has 1 saturated carbocycles. The number of carbonyl (C=O) groups is 1. The lowest BCUT2D eigenvalue weighted by Crippen LogP contribution is -2.60. The molecule has 2 heterocycles. The van der Waals surface area contributed by atoms with Gasteiger partial charge in [-0.25, -0.2) is 8.42 Å². The minimum absolute atomic E-state index is 0.0437. The van der Waals surface area contributed by atoms with E-state index in [1.165, 1.54) is 0 Å². The van der Waals surface area contributed by atoms with Crippen LogP contribution in [0.1, 0.15) is 19.3 Å². The third-order valence-corrected chi connectivity index (χ3v) is 5.94. The van der Waals surface area contributed by atoms with Gasteiger partial charge >= 0.3 is 0 Å². The van der Waals surface area contributed by atoms with E-state index in [4.69, 9.17) is 0 Å². The Kier molecular flexibility index (Phi) is 2.66. The lowest BCUT2D eigenvalue weighted by molar-refractivity contribution is -0.141. The van der Waals surface area contributed by atoms with E-state index in [2.05, 4.69) is 5.32 Å². The highest BCUT2D eigenvalue weighted by Crippen LogP contribution is 2.31. The van der Waals surface area contributed by atoms with Crippen molar-refractivity contribution in [2.45, 2.75) is 31.3 Å². The fourth-order valence-electron chi connectivity index (χ4n) is 3.03. The number of hydrogen-bond acceptors (Lipinski definition) is 4. The Morgan fingerprint density at radius 1 is 1.24 bits per heavy atom. The van der Waals surface area contributed by atoms with Crippen molar-refractivity contribution in [1.29, 1.82) is 0 Å². The van der Waals surface area contributed by atoms with Crippen LogP contribution >= 0.6 is 0 Å². The first-order valence-electron chi connectivity index (χ1n) is 6.31. The summed E-state index contributed by atoms with van der Waals surface area (Å²) in [5, 5.41) is 3.22. The number of rotatable bonds is 1. The van der Waals surface area contributed by atoms with Crippen molar-refractivity contribution in [1.82, 2.24) is 10.2 Å². The molecule has 17 heavy (non-hydrogen) atoms. The molecule has 0 aromatic rings. The van der Waals surface area contributed by atoms with E-state index in [0.717, 1.165) is 25.8 Å². The molecule has 96 valence electrons. The standard InChI is InChI=1S/C11H18N2O3S/c14-11(8-2-1-3-8)13-5-4-12-9-6-17(15,16)7-10(9)13/h8-10,12H,1-7H2/t9-,10-/m0/s1. The Hall–Kier alpha value is -0.620. The van der Waals surface area contributed by atoms with Crippen molar-refractivity contribution in [2.24, 2.45) is 5.92 Å². The van der Waals surface area contributed by atoms with Crippen LogP contribution in [-0.4, -0.2) is 55.9 Å². The number of nitrogens with zero attached hydrogens (tertiary/aromatic N) is 1. The number of hydrogen-bond donors (Lipinski definition) is 1. The van der Waals surface area contributed by atoms with E-state index in [1.54, 1.807) is 0 Å². The van der Waals surface area contributed by atoms with Gasteiger partial charge in [-0.05, 0) is 12.8 Å². The molecule has 1 aliphatic carbocycles. The molecule has 3 fully saturated rings. The lowest BCUT2D eigenvalue weighted by atomic mass is 9.83. The normalized spacial score (nSPS) is 36.4. The summed E-state index contributed by atoms with van der Waals surface area (Å²) >= 11 is 0. The van der Waals surface area contributed by atoms with Gasteiger partial charge in [0, 0.05) is 25.0 Å². The highest BCUT2D eigenvalue weighted by Gasteiger charge is 2.46. The van der Waals surface area contributed by atoms with Gasteiger partial charge in [-0.2, -0.15) is 0 Å². The fourth-order valence-corrected chi connectivity index (χ4v) is 4.99. The molecule has 1 amide bonds. The van der Waals surface area contributed by atoms with Crippen LogP contribution in [0.25, 0.3) is 0 Å². The molecule has 2 aliphatic heterocycles. The number of sulfone groups is 1. The summed E-state index contributed by atoms with van der Waals surface area (Å²) < 4.78 is 23.3. The van der Waals surface area contributed by atoms with Crippen LogP contribution in [-0.2, 0) is 14.6 Å². The van der Waals surface area contributed by atoms with Gasteiger partial charge in [-0.1, -0.05) is 6.42 Å². The first-order valence-corrected chi connectivity index (χ1v) is 8.13. The van der Waals surface area contributed by atoms with Crippen molar-refractivity contribution >= 4 is 15.7 Å². The number of carbonyl (C=O) groups excluding carboxylic acids is 1. The van der Waals surface area contributed by atoms with Crippen LogP contribution in [0.2, 0.25) is 0 Å². The smallest absolute Gasteiger partial charge is 0.226 e. The van der Waals surface area contributed by atoms with Crippen molar-refractivity contribution in [3.8, 4) is 0 Å². The lowest BCUT2D eigenvalue weighted by Gasteiger charge is -2.40. The minimum atomic E-state index is -2.97. The summed E-state index contributed by atoms with van der Waals surface area (Å²) in [7, 11) is -2.97. The van der Waals surface area contributed by atoms with Crippen molar-refractivity contribution in [3.05, 3.63) is 0 Å². The highest BCUT2D eigenvalue weighted by atomic mass is 32.2. The largest absolute Gasteiger partial charge is 0.336 e. The van der Waals surface area contributed by atoms with Gasteiger partial charge in [0.2, 0.25) is 5.91 Å². The van der Waals surface area contributed by atoms with E-state index in [-0.39, 0.29) is 35.4 Å². The molecule has 1 N–H and O–H groups in total. The average molecular weight is 258 g/mol. The predicted molar refractivity (Wildman–Crippen MR) is 63.3 cm³/mol. The van der Waals surface area contributed by atoms with Crippen molar-refractivity contribution in [2.75, 3.05) is 24.6 Å². The SMILES string of the molecule is O=C(C1CCC1)N1CCN[C@H]2CS(=O)(=O)C[C@@H]21. The average Bonchev–Trinajstić information content (AvgIpc) is 2.47. The molecule has 0 aromatic heterocycles. The van der Waals surface area contributed by atoms with Crippen LogP contribution in [0.3, 0.4) is 0 Å². The molecule has 2 saturated heterocycles. The Morgan fingerprint density at radius 2 is 2.00 bits per heavy atom. The molecule has 0 aromatic carbocycles. The van der Waals surface area contributed by atoms with Crippen LogP contribution in [0.5, 0.6) is 0 Å². The van der Waals surface area contributed by atoms with E-state index < -0.39 is 9.84 Å². The fraction of sp³-hybridized carbons (Fsp3) is 0.909. The van der Waals surface area contributed by atoms with Gasteiger partial charge in [-0.15, -0.1) is 0 Å². The van der Waals surface area contributed by atoms with E-state index in [0.29, 0.717) is 6.54 Å². The Bertz CT molecular complexity index is 430. The monoisotopic (exact) mass is 258 g/mol. The molecule has 3 aliphatic rings. The van der Waals surface area contributed by atoms with E-state index >= 15 is 0 Å². The quantitative estimate of drug-likeness (QED) is 0.681. The first kappa shape index (κ1) is 11.5. The first-order chi connectivity index (χ1) is 8.07.